The Bertz CT molecular complexity index is 243. The van der Waals surface area contributed by atoms with E-state index in [4.69, 9.17) is 5.11 Å². The summed E-state index contributed by atoms with van der Waals surface area (Å²) in [6, 6.07) is 0. The summed E-state index contributed by atoms with van der Waals surface area (Å²) >= 11 is 0. The summed E-state index contributed by atoms with van der Waals surface area (Å²) < 4.78 is 0. The van der Waals surface area contributed by atoms with Gasteiger partial charge in [0.25, 0.3) is 0 Å². The van der Waals surface area contributed by atoms with Crippen molar-refractivity contribution in [3.63, 3.8) is 0 Å². The summed E-state index contributed by atoms with van der Waals surface area (Å²) in [7, 11) is 0. The Labute approximate surface area is 98.4 Å². The van der Waals surface area contributed by atoms with E-state index in [1.165, 1.54) is 19.3 Å². The zero-order valence-corrected chi connectivity index (χ0v) is 10.5. The molecule has 0 aromatic rings. The summed E-state index contributed by atoms with van der Waals surface area (Å²) in [5, 5.41) is 8.96. The molecule has 0 aliphatic heterocycles. The van der Waals surface area contributed by atoms with Crippen molar-refractivity contribution in [2.24, 2.45) is 29.6 Å². The fraction of sp³-hybridized carbons (Fsp3) is 0.929. The van der Waals surface area contributed by atoms with Crippen molar-refractivity contribution in [3.8, 4) is 0 Å². The molecule has 0 radical (unpaired) electrons. The number of carbonyl (C=O) groups excluding carboxylic acids is 1. The van der Waals surface area contributed by atoms with Crippen molar-refractivity contribution in [1.29, 1.82) is 0 Å². The van der Waals surface area contributed by atoms with Gasteiger partial charge in [0, 0.05) is 5.92 Å². The lowest BCUT2D eigenvalue weighted by molar-refractivity contribution is -0.125. The molecule has 4 atom stereocenters. The topological polar surface area (TPSA) is 37.3 Å². The minimum Gasteiger partial charge on any atom is -0.389 e. The quantitative estimate of drug-likeness (QED) is 0.797. The van der Waals surface area contributed by atoms with E-state index in [1.54, 1.807) is 0 Å². The molecule has 0 amide bonds. The molecule has 92 valence electrons. The van der Waals surface area contributed by atoms with E-state index in [1.807, 2.05) is 0 Å². The summed E-state index contributed by atoms with van der Waals surface area (Å²) in [5.41, 5.74) is 0. The van der Waals surface area contributed by atoms with Gasteiger partial charge in [-0.15, -0.1) is 0 Å². The summed E-state index contributed by atoms with van der Waals surface area (Å²) in [6.07, 6.45) is 6.01. The molecule has 2 heteroatoms. The van der Waals surface area contributed by atoms with Crippen LogP contribution in [0.3, 0.4) is 0 Å². The minimum atomic E-state index is -0.252. The van der Waals surface area contributed by atoms with Crippen molar-refractivity contribution >= 4 is 5.78 Å². The zero-order valence-electron chi connectivity index (χ0n) is 10.5. The minimum absolute atomic E-state index is 0.0825. The smallest absolute Gasteiger partial charge is 0.161 e. The molecular weight excluding hydrogens is 200 g/mol. The number of Topliss-reactive ketones (excluding diaryl/α,β-unsaturated/α-hetero) is 1. The Kier molecular flexibility index (Phi) is 3.68. The van der Waals surface area contributed by atoms with Crippen LogP contribution < -0.4 is 0 Å². The number of fused-ring (bicyclic) bond motifs is 1. The van der Waals surface area contributed by atoms with E-state index < -0.39 is 0 Å². The second-order valence-corrected chi connectivity index (χ2v) is 5.69. The van der Waals surface area contributed by atoms with E-state index in [0.717, 1.165) is 36.5 Å². The molecule has 0 spiro atoms. The van der Waals surface area contributed by atoms with Gasteiger partial charge in [-0.1, -0.05) is 26.7 Å². The first-order valence-corrected chi connectivity index (χ1v) is 6.84. The molecule has 2 rings (SSSR count). The number of hydrogen-bond acceptors (Lipinski definition) is 2. The molecule has 0 aromatic carbocycles. The Balaban J connectivity index is 2.06. The average Bonchev–Trinajstić information content (AvgIpc) is 2.85. The Hall–Kier alpha value is -0.370. The first-order chi connectivity index (χ1) is 7.71. The van der Waals surface area contributed by atoms with E-state index in [2.05, 4.69) is 13.8 Å². The Morgan fingerprint density at radius 3 is 1.94 bits per heavy atom. The van der Waals surface area contributed by atoms with Gasteiger partial charge in [-0.2, -0.15) is 0 Å². The number of aliphatic hydroxyl groups is 1. The molecule has 0 aromatic heterocycles. The monoisotopic (exact) mass is 224 g/mol. The normalized spacial score (nSPS) is 42.3. The van der Waals surface area contributed by atoms with Crippen LogP contribution in [-0.2, 0) is 4.79 Å². The molecule has 0 bridgehead atoms. The van der Waals surface area contributed by atoms with Crippen LogP contribution in [-0.4, -0.2) is 17.5 Å². The van der Waals surface area contributed by atoms with E-state index >= 15 is 0 Å². The highest BCUT2D eigenvalue weighted by Gasteiger charge is 2.48. The first-order valence-electron chi connectivity index (χ1n) is 6.84. The summed E-state index contributed by atoms with van der Waals surface area (Å²) in [6.45, 7) is 4.31. The predicted molar refractivity (Wildman–Crippen MR) is 64.0 cm³/mol. The largest absolute Gasteiger partial charge is 0.389 e. The molecule has 2 aliphatic carbocycles. The lowest BCUT2D eigenvalue weighted by Crippen LogP contribution is -2.17. The van der Waals surface area contributed by atoms with Crippen LogP contribution in [0, 0.1) is 29.6 Å². The Morgan fingerprint density at radius 2 is 1.56 bits per heavy atom. The lowest BCUT2D eigenvalue weighted by Gasteiger charge is -2.16. The number of rotatable bonds is 4. The van der Waals surface area contributed by atoms with Crippen molar-refractivity contribution in [2.75, 3.05) is 6.61 Å². The molecule has 2 fully saturated rings. The van der Waals surface area contributed by atoms with Gasteiger partial charge in [-0.25, -0.2) is 0 Å². The third kappa shape index (κ3) is 1.92. The molecular formula is C14H24O2. The molecule has 2 nitrogen and oxygen atoms in total. The van der Waals surface area contributed by atoms with Crippen LogP contribution in [0.25, 0.3) is 0 Å². The summed E-state index contributed by atoms with van der Waals surface area (Å²) in [4.78, 5) is 11.6. The van der Waals surface area contributed by atoms with Crippen LogP contribution in [0.2, 0.25) is 0 Å². The maximum atomic E-state index is 11.6. The number of carbonyl (C=O) groups is 1. The standard InChI is InChI=1S/C14H24O2/c1-3-9-5-10(4-2)13-7-11(6-12(9)13)14(16)8-15/h9-13,15H,3-8H2,1-2H3. The van der Waals surface area contributed by atoms with Gasteiger partial charge in [0.05, 0.1) is 0 Å². The maximum absolute atomic E-state index is 11.6. The third-order valence-corrected chi connectivity index (χ3v) is 5.14. The second kappa shape index (κ2) is 4.87. The van der Waals surface area contributed by atoms with Crippen LogP contribution in [0.4, 0.5) is 0 Å². The fourth-order valence-corrected chi connectivity index (χ4v) is 4.26. The average molecular weight is 224 g/mol. The van der Waals surface area contributed by atoms with Gasteiger partial charge in [-0.3, -0.25) is 4.79 Å². The molecule has 2 aliphatic rings. The van der Waals surface area contributed by atoms with Gasteiger partial charge in [0.2, 0.25) is 0 Å². The Morgan fingerprint density at radius 1 is 1.06 bits per heavy atom. The van der Waals surface area contributed by atoms with Crippen molar-refractivity contribution < 1.29 is 9.90 Å². The molecule has 4 unspecified atom stereocenters. The van der Waals surface area contributed by atoms with Crippen molar-refractivity contribution in [2.45, 2.75) is 46.0 Å². The fourth-order valence-electron chi connectivity index (χ4n) is 4.26. The first kappa shape index (κ1) is 12.1. The SMILES string of the molecule is CCC1CC(CC)C2CC(C(=O)CO)CC12. The van der Waals surface area contributed by atoms with Crippen LogP contribution in [0.1, 0.15) is 46.0 Å². The second-order valence-electron chi connectivity index (χ2n) is 5.69. The van der Waals surface area contributed by atoms with E-state index in [-0.39, 0.29) is 18.3 Å². The molecule has 0 heterocycles. The van der Waals surface area contributed by atoms with Crippen molar-refractivity contribution in [3.05, 3.63) is 0 Å². The van der Waals surface area contributed by atoms with E-state index in [0.29, 0.717) is 0 Å². The third-order valence-electron chi connectivity index (χ3n) is 5.14. The van der Waals surface area contributed by atoms with Gasteiger partial charge in [-0.05, 0) is 42.9 Å². The molecule has 16 heavy (non-hydrogen) atoms. The van der Waals surface area contributed by atoms with E-state index in [9.17, 15) is 4.79 Å². The van der Waals surface area contributed by atoms with Crippen LogP contribution in [0.15, 0.2) is 0 Å². The zero-order chi connectivity index (χ0) is 11.7. The number of hydrogen-bond donors (Lipinski definition) is 1. The maximum Gasteiger partial charge on any atom is 0.161 e. The van der Waals surface area contributed by atoms with Gasteiger partial charge < -0.3 is 5.11 Å². The van der Waals surface area contributed by atoms with Crippen LogP contribution >= 0.6 is 0 Å². The highest BCUT2D eigenvalue weighted by atomic mass is 16.3. The van der Waals surface area contributed by atoms with Gasteiger partial charge in [0.1, 0.15) is 6.61 Å². The number of ketones is 1. The predicted octanol–water partition coefficient (Wildman–Crippen LogP) is 2.65. The van der Waals surface area contributed by atoms with Gasteiger partial charge >= 0.3 is 0 Å². The van der Waals surface area contributed by atoms with Crippen molar-refractivity contribution in [1.82, 2.24) is 0 Å². The highest BCUT2D eigenvalue weighted by molar-refractivity contribution is 5.82. The van der Waals surface area contributed by atoms with Crippen LogP contribution in [0.5, 0.6) is 0 Å². The summed E-state index contributed by atoms with van der Waals surface area (Å²) in [5.74, 6) is 3.48. The molecule has 1 N–H and O–H groups in total. The van der Waals surface area contributed by atoms with Gasteiger partial charge in [0.15, 0.2) is 5.78 Å². The molecule has 2 saturated carbocycles. The lowest BCUT2D eigenvalue weighted by atomic mass is 9.89. The molecule has 0 saturated heterocycles. The number of aliphatic hydroxyl groups excluding tert-OH is 1. The highest BCUT2D eigenvalue weighted by Crippen LogP contribution is 2.54.